The number of aromatic amines is 1. The molecule has 1 aromatic heterocycles. The number of rotatable bonds is 6. The van der Waals surface area contributed by atoms with E-state index in [-0.39, 0.29) is 11.6 Å². The molecule has 0 radical (unpaired) electrons. The number of nitrogens with zero attached hydrogens (tertiary/aromatic N) is 2. The Kier molecular flexibility index (Phi) is 4.02. The van der Waals surface area contributed by atoms with Gasteiger partial charge in [0, 0.05) is 6.54 Å². The summed E-state index contributed by atoms with van der Waals surface area (Å²) in [6.45, 7) is 1.39. The molecule has 0 unspecified atom stereocenters. The highest BCUT2D eigenvalue weighted by Gasteiger charge is 2.26. The van der Waals surface area contributed by atoms with Gasteiger partial charge in [-0.1, -0.05) is 6.92 Å². The molecule has 0 bridgehead atoms. The largest absolute Gasteiger partial charge is 0.480 e. The molecule has 1 aromatic rings. The molecule has 2 N–H and O–H groups in total. The minimum atomic E-state index is -3.78. The van der Waals surface area contributed by atoms with Gasteiger partial charge >= 0.3 is 5.97 Å². The maximum Gasteiger partial charge on any atom is 0.318 e. The van der Waals surface area contributed by atoms with E-state index in [9.17, 15) is 13.2 Å². The van der Waals surface area contributed by atoms with Crippen molar-refractivity contribution in [1.82, 2.24) is 14.3 Å². The van der Waals surface area contributed by atoms with Crippen LogP contribution in [0.3, 0.4) is 0 Å². The van der Waals surface area contributed by atoms with Gasteiger partial charge in [0.15, 0.2) is 5.03 Å². The van der Waals surface area contributed by atoms with Gasteiger partial charge in [0.1, 0.15) is 6.54 Å². The number of hydrogen-bond acceptors (Lipinski definition) is 4. The number of carboxylic acid groups (broad SMARTS) is 1. The molecule has 90 valence electrons. The molecule has 0 saturated heterocycles. The van der Waals surface area contributed by atoms with Gasteiger partial charge in [0.2, 0.25) is 0 Å². The molecule has 0 aliphatic rings. The number of nitrogens with one attached hydrogen (secondary N) is 1. The number of carboxylic acids is 1. The van der Waals surface area contributed by atoms with Crippen LogP contribution in [0.1, 0.15) is 13.3 Å². The van der Waals surface area contributed by atoms with Crippen molar-refractivity contribution in [2.24, 2.45) is 0 Å². The minimum Gasteiger partial charge on any atom is -0.480 e. The zero-order chi connectivity index (χ0) is 12.2. The van der Waals surface area contributed by atoms with E-state index in [4.69, 9.17) is 5.11 Å². The van der Waals surface area contributed by atoms with Crippen molar-refractivity contribution in [3.63, 3.8) is 0 Å². The predicted molar refractivity (Wildman–Crippen MR) is 55.3 cm³/mol. The lowest BCUT2D eigenvalue weighted by molar-refractivity contribution is -0.137. The lowest BCUT2D eigenvalue weighted by Crippen LogP contribution is -2.36. The van der Waals surface area contributed by atoms with E-state index in [1.807, 2.05) is 0 Å². The third-order valence-corrected chi connectivity index (χ3v) is 3.65. The molecule has 0 spiro atoms. The fourth-order valence-electron chi connectivity index (χ4n) is 1.21. The second kappa shape index (κ2) is 5.08. The molecule has 16 heavy (non-hydrogen) atoms. The Morgan fingerprint density at radius 1 is 1.62 bits per heavy atom. The Bertz CT molecular complexity index is 440. The van der Waals surface area contributed by atoms with Gasteiger partial charge in [0.25, 0.3) is 10.0 Å². The molecule has 1 rings (SSSR count). The van der Waals surface area contributed by atoms with Crippen molar-refractivity contribution in [3.8, 4) is 0 Å². The monoisotopic (exact) mass is 247 g/mol. The average Bonchev–Trinajstić information content (AvgIpc) is 2.69. The van der Waals surface area contributed by atoms with Crippen LogP contribution in [0.2, 0.25) is 0 Å². The van der Waals surface area contributed by atoms with Gasteiger partial charge in [-0.25, -0.2) is 13.4 Å². The van der Waals surface area contributed by atoms with Crippen molar-refractivity contribution < 1.29 is 18.3 Å². The number of hydrogen-bond donors (Lipinski definition) is 2. The molecule has 7 nitrogen and oxygen atoms in total. The highest BCUT2D eigenvalue weighted by molar-refractivity contribution is 7.89. The predicted octanol–water partition coefficient (Wildman–Crippen LogP) is -0.105. The zero-order valence-electron chi connectivity index (χ0n) is 8.75. The van der Waals surface area contributed by atoms with Crippen molar-refractivity contribution in [2.45, 2.75) is 18.4 Å². The Labute approximate surface area is 93.2 Å². The summed E-state index contributed by atoms with van der Waals surface area (Å²) in [5, 5.41) is 8.54. The van der Waals surface area contributed by atoms with Crippen molar-refractivity contribution in [2.75, 3.05) is 13.1 Å². The van der Waals surface area contributed by atoms with Crippen LogP contribution in [0, 0.1) is 0 Å². The number of aliphatic carboxylic acids is 1. The third kappa shape index (κ3) is 2.80. The normalized spacial score (nSPS) is 11.9. The highest BCUT2D eigenvalue weighted by Crippen LogP contribution is 2.12. The SMILES string of the molecule is CCCN(CC(=O)O)S(=O)(=O)c1cnc[nH]1. The lowest BCUT2D eigenvalue weighted by atomic mass is 10.5. The molecular formula is C8H13N3O4S. The van der Waals surface area contributed by atoms with Gasteiger partial charge in [-0.3, -0.25) is 4.79 Å². The van der Waals surface area contributed by atoms with Crippen LogP contribution in [-0.2, 0) is 14.8 Å². The molecule has 0 aliphatic carbocycles. The van der Waals surface area contributed by atoms with E-state index in [0.717, 1.165) is 10.5 Å². The summed E-state index contributed by atoms with van der Waals surface area (Å²) in [5.41, 5.74) is 0. The summed E-state index contributed by atoms with van der Waals surface area (Å²) in [6, 6.07) is 0. The second-order valence-electron chi connectivity index (χ2n) is 3.15. The summed E-state index contributed by atoms with van der Waals surface area (Å²) in [4.78, 5) is 16.6. The Hall–Kier alpha value is -1.41. The van der Waals surface area contributed by atoms with Crippen LogP contribution in [-0.4, -0.2) is 46.9 Å². The summed E-state index contributed by atoms with van der Waals surface area (Å²) < 4.78 is 24.7. The molecule has 0 aromatic carbocycles. The van der Waals surface area contributed by atoms with Crippen LogP contribution in [0.5, 0.6) is 0 Å². The fraction of sp³-hybridized carbons (Fsp3) is 0.500. The minimum absolute atomic E-state index is 0.0952. The first kappa shape index (κ1) is 12.7. The smallest absolute Gasteiger partial charge is 0.318 e. The number of H-pyrrole nitrogens is 1. The van der Waals surface area contributed by atoms with E-state index < -0.39 is 22.5 Å². The van der Waals surface area contributed by atoms with Crippen LogP contribution in [0.25, 0.3) is 0 Å². The maximum absolute atomic E-state index is 11.9. The van der Waals surface area contributed by atoms with E-state index in [0.29, 0.717) is 6.42 Å². The number of sulfonamides is 1. The molecule has 0 atom stereocenters. The fourth-order valence-corrected chi connectivity index (χ4v) is 2.58. The average molecular weight is 247 g/mol. The van der Waals surface area contributed by atoms with E-state index in [1.54, 1.807) is 6.92 Å². The van der Waals surface area contributed by atoms with Gasteiger partial charge < -0.3 is 10.1 Å². The molecule has 0 amide bonds. The van der Waals surface area contributed by atoms with Gasteiger partial charge in [0.05, 0.1) is 12.5 Å². The van der Waals surface area contributed by atoms with Crippen LogP contribution in [0.4, 0.5) is 0 Å². The molecular weight excluding hydrogens is 234 g/mol. The molecule has 8 heteroatoms. The molecule has 0 saturated carbocycles. The number of carbonyl (C=O) groups is 1. The first-order valence-electron chi connectivity index (χ1n) is 4.68. The lowest BCUT2D eigenvalue weighted by Gasteiger charge is -2.18. The van der Waals surface area contributed by atoms with E-state index in [1.165, 1.54) is 6.33 Å². The van der Waals surface area contributed by atoms with Crippen molar-refractivity contribution in [3.05, 3.63) is 12.5 Å². The number of imidazole rings is 1. The van der Waals surface area contributed by atoms with Gasteiger partial charge in [-0.15, -0.1) is 0 Å². The first-order valence-corrected chi connectivity index (χ1v) is 6.12. The second-order valence-corrected chi connectivity index (χ2v) is 5.05. The number of aromatic nitrogens is 2. The standard InChI is InChI=1S/C8H13N3O4S/c1-2-3-11(5-8(12)13)16(14,15)7-4-9-6-10-7/h4,6H,2-3,5H2,1H3,(H,9,10)(H,12,13). The Morgan fingerprint density at radius 2 is 2.31 bits per heavy atom. The van der Waals surface area contributed by atoms with Crippen LogP contribution >= 0.6 is 0 Å². The van der Waals surface area contributed by atoms with E-state index in [2.05, 4.69) is 9.97 Å². The van der Waals surface area contributed by atoms with Crippen molar-refractivity contribution >= 4 is 16.0 Å². The quantitative estimate of drug-likeness (QED) is 0.730. The molecule has 0 fully saturated rings. The summed E-state index contributed by atoms with van der Waals surface area (Å²) >= 11 is 0. The van der Waals surface area contributed by atoms with Gasteiger partial charge in [-0.2, -0.15) is 4.31 Å². The summed E-state index contributed by atoms with van der Waals surface area (Å²) in [6.07, 6.45) is 2.93. The summed E-state index contributed by atoms with van der Waals surface area (Å²) in [5.74, 6) is -1.18. The van der Waals surface area contributed by atoms with E-state index >= 15 is 0 Å². The zero-order valence-corrected chi connectivity index (χ0v) is 9.57. The Balaban J connectivity index is 2.97. The summed E-state index contributed by atoms with van der Waals surface area (Å²) in [7, 11) is -3.78. The maximum atomic E-state index is 11.9. The third-order valence-electron chi connectivity index (χ3n) is 1.88. The topological polar surface area (TPSA) is 103 Å². The Morgan fingerprint density at radius 3 is 2.75 bits per heavy atom. The van der Waals surface area contributed by atoms with Crippen LogP contribution in [0.15, 0.2) is 17.6 Å². The van der Waals surface area contributed by atoms with Crippen molar-refractivity contribution in [1.29, 1.82) is 0 Å². The van der Waals surface area contributed by atoms with Gasteiger partial charge in [-0.05, 0) is 6.42 Å². The van der Waals surface area contributed by atoms with Crippen LogP contribution < -0.4 is 0 Å². The first-order chi connectivity index (χ1) is 7.48. The molecule has 1 heterocycles. The molecule has 0 aliphatic heterocycles. The highest BCUT2D eigenvalue weighted by atomic mass is 32.2.